The van der Waals surface area contributed by atoms with Crippen LogP contribution in [0.4, 0.5) is 5.69 Å². The average Bonchev–Trinajstić information content (AvgIpc) is 3.45. The van der Waals surface area contributed by atoms with Gasteiger partial charge in [-0.3, -0.25) is 4.57 Å². The van der Waals surface area contributed by atoms with E-state index in [-0.39, 0.29) is 0 Å². The molecule has 4 rings (SSSR count). The molecule has 1 unspecified atom stereocenters. The molecule has 0 radical (unpaired) electrons. The summed E-state index contributed by atoms with van der Waals surface area (Å²) in [5.41, 5.74) is 9.54. The number of aromatic nitrogens is 4. The van der Waals surface area contributed by atoms with E-state index in [9.17, 15) is 4.55 Å². The summed E-state index contributed by atoms with van der Waals surface area (Å²) in [6.45, 7) is 2.08. The number of anilines is 1. The van der Waals surface area contributed by atoms with E-state index in [4.69, 9.17) is 15.5 Å². The molecule has 4 heterocycles. The standard InChI is InChI=1S/C19H21N5O2S3/c1-4-5-8-29(25)18-15(20)14-11(13-10-22-19(26-3)24(13)2)9-12(23-17(14)28-18)16-21-6-7-27-16/h6-7,9-10H,4-5,8,20H2,1-3H3. The SMILES string of the molecule is CCCC[S+]([O-])c1sc2nc(-c3nccs3)cc(-c3cnc(OC)n3C)c2c1N. The molecule has 4 aromatic heterocycles. The first-order valence-electron chi connectivity index (χ1n) is 9.12. The predicted molar refractivity (Wildman–Crippen MR) is 120 cm³/mol. The van der Waals surface area contributed by atoms with Gasteiger partial charge >= 0.3 is 0 Å². The number of hydrogen-bond acceptors (Lipinski definition) is 8. The second kappa shape index (κ2) is 8.31. The van der Waals surface area contributed by atoms with Gasteiger partial charge in [-0.05, 0) is 23.7 Å². The van der Waals surface area contributed by atoms with E-state index >= 15 is 0 Å². The number of ether oxygens (including phenoxy) is 1. The van der Waals surface area contributed by atoms with Crippen LogP contribution in [0.15, 0.2) is 28.0 Å². The van der Waals surface area contributed by atoms with E-state index in [0.29, 0.717) is 21.7 Å². The molecule has 0 saturated heterocycles. The van der Waals surface area contributed by atoms with Crippen molar-refractivity contribution in [3.63, 3.8) is 0 Å². The number of imidazole rings is 1. The molecule has 0 spiro atoms. The molecule has 0 aliphatic carbocycles. The van der Waals surface area contributed by atoms with Crippen LogP contribution in [0.1, 0.15) is 19.8 Å². The van der Waals surface area contributed by atoms with Crippen LogP contribution in [0, 0.1) is 0 Å². The molecule has 1 atom stereocenters. The van der Waals surface area contributed by atoms with Crippen LogP contribution in [-0.2, 0) is 18.2 Å². The molecule has 4 aromatic rings. The molecule has 2 N–H and O–H groups in total. The van der Waals surface area contributed by atoms with Crippen molar-refractivity contribution in [1.29, 1.82) is 0 Å². The van der Waals surface area contributed by atoms with Crippen molar-refractivity contribution in [1.82, 2.24) is 19.5 Å². The lowest BCUT2D eigenvalue weighted by Crippen LogP contribution is -2.07. The first-order valence-corrected chi connectivity index (χ1v) is 12.1. The van der Waals surface area contributed by atoms with Crippen molar-refractivity contribution in [2.75, 3.05) is 18.6 Å². The van der Waals surface area contributed by atoms with Gasteiger partial charge in [-0.15, -0.1) is 11.3 Å². The summed E-state index contributed by atoms with van der Waals surface area (Å²) >= 11 is 1.78. The van der Waals surface area contributed by atoms with Gasteiger partial charge < -0.3 is 15.0 Å². The first-order chi connectivity index (χ1) is 14.0. The number of rotatable bonds is 7. The number of thiazole rings is 1. The topological polar surface area (TPSA) is 102 Å². The Labute approximate surface area is 179 Å². The summed E-state index contributed by atoms with van der Waals surface area (Å²) in [5, 5.41) is 3.55. The highest BCUT2D eigenvalue weighted by Crippen LogP contribution is 2.44. The van der Waals surface area contributed by atoms with Crippen molar-refractivity contribution in [2.45, 2.75) is 24.0 Å². The third-order valence-electron chi connectivity index (χ3n) is 4.61. The van der Waals surface area contributed by atoms with Crippen LogP contribution in [-0.4, -0.2) is 36.9 Å². The van der Waals surface area contributed by atoms with Crippen molar-refractivity contribution in [2.24, 2.45) is 7.05 Å². The number of pyridine rings is 1. The zero-order chi connectivity index (χ0) is 20.5. The molecule has 152 valence electrons. The summed E-state index contributed by atoms with van der Waals surface area (Å²) in [5.74, 6) is 0.599. The highest BCUT2D eigenvalue weighted by molar-refractivity contribution is 7.93. The predicted octanol–water partition coefficient (Wildman–Crippen LogP) is 4.32. The van der Waals surface area contributed by atoms with Gasteiger partial charge in [0.25, 0.3) is 6.01 Å². The number of nitrogen functional groups attached to an aromatic ring is 1. The van der Waals surface area contributed by atoms with E-state index in [1.54, 1.807) is 19.5 Å². The fourth-order valence-electron chi connectivity index (χ4n) is 3.13. The van der Waals surface area contributed by atoms with E-state index in [2.05, 4.69) is 16.9 Å². The molecule has 7 nitrogen and oxygen atoms in total. The van der Waals surface area contributed by atoms with Crippen LogP contribution >= 0.6 is 22.7 Å². The van der Waals surface area contributed by atoms with Crippen molar-refractivity contribution in [3.8, 4) is 28.0 Å². The minimum absolute atomic E-state index is 0.501. The van der Waals surface area contributed by atoms with Crippen molar-refractivity contribution < 1.29 is 9.29 Å². The molecule has 0 fully saturated rings. The van der Waals surface area contributed by atoms with E-state index < -0.39 is 11.2 Å². The van der Waals surface area contributed by atoms with Gasteiger partial charge in [-0.2, -0.15) is 0 Å². The Kier molecular flexibility index (Phi) is 5.77. The van der Waals surface area contributed by atoms with Gasteiger partial charge in [-0.1, -0.05) is 24.7 Å². The van der Waals surface area contributed by atoms with Crippen LogP contribution < -0.4 is 10.5 Å². The number of hydrogen-bond donors (Lipinski definition) is 1. The number of unbranched alkanes of at least 4 members (excludes halogenated alkanes) is 1. The molecule has 0 aromatic carbocycles. The quantitative estimate of drug-likeness (QED) is 0.423. The van der Waals surface area contributed by atoms with Crippen LogP contribution in [0.2, 0.25) is 0 Å². The lowest BCUT2D eigenvalue weighted by atomic mass is 10.1. The second-order valence-corrected chi connectivity index (χ2v) is 10.1. The fourth-order valence-corrected chi connectivity index (χ4v) is 6.53. The second-order valence-electron chi connectivity index (χ2n) is 6.47. The third-order valence-corrected chi connectivity index (χ3v) is 8.40. The van der Waals surface area contributed by atoms with Gasteiger partial charge in [0.15, 0.2) is 0 Å². The molecule has 0 bridgehead atoms. The van der Waals surface area contributed by atoms with Gasteiger partial charge in [0.2, 0.25) is 4.21 Å². The highest BCUT2D eigenvalue weighted by Gasteiger charge is 2.26. The van der Waals surface area contributed by atoms with Gasteiger partial charge in [-0.25, -0.2) is 15.0 Å². The zero-order valence-corrected chi connectivity index (χ0v) is 18.8. The molecular formula is C19H21N5O2S3. The molecule has 0 aliphatic heterocycles. The normalized spacial score (nSPS) is 12.6. The first kappa shape index (κ1) is 20.1. The maximum Gasteiger partial charge on any atom is 0.296 e. The van der Waals surface area contributed by atoms with Crippen molar-refractivity contribution >= 4 is 49.8 Å². The lowest BCUT2D eigenvalue weighted by Gasteiger charge is -2.09. The average molecular weight is 448 g/mol. The van der Waals surface area contributed by atoms with Gasteiger partial charge in [0, 0.05) is 29.6 Å². The Balaban J connectivity index is 1.96. The number of thiophene rings is 1. The minimum atomic E-state index is -1.14. The summed E-state index contributed by atoms with van der Waals surface area (Å²) in [4.78, 5) is 14.3. The largest absolute Gasteiger partial charge is 0.611 e. The Morgan fingerprint density at radius 3 is 2.83 bits per heavy atom. The molecular weight excluding hydrogens is 426 g/mol. The van der Waals surface area contributed by atoms with Crippen LogP contribution in [0.3, 0.4) is 0 Å². The summed E-state index contributed by atoms with van der Waals surface area (Å²) in [6.07, 6.45) is 5.39. The molecule has 0 saturated carbocycles. The van der Waals surface area contributed by atoms with E-state index in [0.717, 1.165) is 45.0 Å². The van der Waals surface area contributed by atoms with E-state index in [1.165, 1.54) is 22.7 Å². The Bertz CT molecular complexity index is 1140. The summed E-state index contributed by atoms with van der Waals surface area (Å²) in [7, 11) is 3.47. The smallest absolute Gasteiger partial charge is 0.296 e. The molecule has 0 aliphatic rings. The van der Waals surface area contributed by atoms with Crippen LogP contribution in [0.25, 0.3) is 32.2 Å². The number of methoxy groups -OCH3 is 1. The van der Waals surface area contributed by atoms with Gasteiger partial charge in [0.1, 0.15) is 27.0 Å². The minimum Gasteiger partial charge on any atom is -0.611 e. The maximum atomic E-state index is 12.8. The summed E-state index contributed by atoms with van der Waals surface area (Å²) in [6, 6.07) is 2.47. The molecule has 29 heavy (non-hydrogen) atoms. The van der Waals surface area contributed by atoms with Gasteiger partial charge in [0.05, 0.1) is 19.0 Å². The molecule has 10 heteroatoms. The van der Waals surface area contributed by atoms with E-state index in [1.807, 2.05) is 23.1 Å². The monoisotopic (exact) mass is 447 g/mol. The Morgan fingerprint density at radius 1 is 1.34 bits per heavy atom. The Morgan fingerprint density at radius 2 is 2.17 bits per heavy atom. The summed E-state index contributed by atoms with van der Waals surface area (Å²) < 4.78 is 20.7. The molecule has 0 amide bonds. The van der Waals surface area contributed by atoms with Crippen LogP contribution in [0.5, 0.6) is 6.01 Å². The van der Waals surface area contributed by atoms with Crippen molar-refractivity contribution in [3.05, 3.63) is 23.8 Å². The fraction of sp³-hybridized carbons (Fsp3) is 0.316. The zero-order valence-electron chi connectivity index (χ0n) is 16.3. The maximum absolute atomic E-state index is 12.8. The number of nitrogens with two attached hydrogens (primary N) is 1. The Hall–Kier alpha value is -2.14. The number of nitrogens with zero attached hydrogens (tertiary/aromatic N) is 4. The highest BCUT2D eigenvalue weighted by atomic mass is 32.2. The third kappa shape index (κ3) is 3.61. The number of fused-ring (bicyclic) bond motifs is 1. The lowest BCUT2D eigenvalue weighted by molar-refractivity contribution is 0.367.